The van der Waals surface area contributed by atoms with Crippen LogP contribution in [0.2, 0.25) is 0 Å². The minimum absolute atomic E-state index is 0.00113. The second-order valence-electron chi connectivity index (χ2n) is 10.2. The van der Waals surface area contributed by atoms with Gasteiger partial charge in [0.05, 0.1) is 13.7 Å². The third-order valence-corrected chi connectivity index (χ3v) is 7.24. The highest BCUT2D eigenvalue weighted by Gasteiger charge is 2.57. The van der Waals surface area contributed by atoms with Crippen LogP contribution in [0, 0.1) is 6.57 Å². The summed E-state index contributed by atoms with van der Waals surface area (Å²) in [5.74, 6) is -0.809. The molecule has 0 saturated carbocycles. The number of likely N-dealkylation sites (tertiary alicyclic amines) is 2. The SMILES string of the molecule is [C-]#[N+][C@@H]1CCCN1C(=O)CNC1(C)CCN(C[C@H]2O[C@@H]3OC(C)(C)O[C@@H]3[C@@H]2OC(=O)OC)CC1. The Kier molecular flexibility index (Phi) is 7.36. The summed E-state index contributed by atoms with van der Waals surface area (Å²) >= 11 is 0. The summed E-state index contributed by atoms with van der Waals surface area (Å²) in [6.07, 6.45) is 0.159. The Hall–Kier alpha value is -1.97. The molecule has 4 fully saturated rings. The second kappa shape index (κ2) is 9.95. The van der Waals surface area contributed by atoms with Crippen molar-refractivity contribution >= 4 is 12.1 Å². The average molecular weight is 481 g/mol. The van der Waals surface area contributed by atoms with Gasteiger partial charge in [-0.15, -0.1) is 0 Å². The van der Waals surface area contributed by atoms with Crippen molar-refractivity contribution < 1.29 is 33.3 Å². The molecule has 190 valence electrons. The van der Waals surface area contributed by atoms with E-state index >= 15 is 0 Å². The molecular formula is C23H36N4O7. The van der Waals surface area contributed by atoms with Crippen LogP contribution in [0.4, 0.5) is 4.79 Å². The maximum absolute atomic E-state index is 12.6. The number of amides is 1. The fourth-order valence-corrected chi connectivity index (χ4v) is 5.22. The van der Waals surface area contributed by atoms with E-state index in [1.165, 1.54) is 7.11 Å². The topological polar surface area (TPSA) is 103 Å². The number of piperidine rings is 1. The van der Waals surface area contributed by atoms with Crippen molar-refractivity contribution in [2.45, 2.75) is 88.5 Å². The number of carbonyl (C=O) groups excluding carboxylic acids is 2. The third kappa shape index (κ3) is 5.47. The number of nitrogens with zero attached hydrogens (tertiary/aromatic N) is 3. The lowest BCUT2D eigenvalue weighted by Gasteiger charge is -2.41. The van der Waals surface area contributed by atoms with Crippen molar-refractivity contribution in [3.8, 4) is 0 Å². The van der Waals surface area contributed by atoms with Gasteiger partial charge in [-0.3, -0.25) is 14.5 Å². The summed E-state index contributed by atoms with van der Waals surface area (Å²) in [5, 5.41) is 3.44. The van der Waals surface area contributed by atoms with E-state index in [1.807, 2.05) is 0 Å². The van der Waals surface area contributed by atoms with Gasteiger partial charge in [0.2, 0.25) is 5.91 Å². The van der Waals surface area contributed by atoms with Crippen LogP contribution in [-0.4, -0.2) is 104 Å². The van der Waals surface area contributed by atoms with Crippen LogP contribution in [0.5, 0.6) is 0 Å². The molecule has 5 atom stereocenters. The smallest absolute Gasteiger partial charge is 0.438 e. The van der Waals surface area contributed by atoms with Crippen LogP contribution in [0.25, 0.3) is 4.85 Å². The Balaban J connectivity index is 1.28. The van der Waals surface area contributed by atoms with Gasteiger partial charge >= 0.3 is 12.3 Å². The largest absolute Gasteiger partial charge is 0.508 e. The van der Waals surface area contributed by atoms with E-state index in [-0.39, 0.29) is 24.2 Å². The van der Waals surface area contributed by atoms with E-state index in [9.17, 15) is 9.59 Å². The molecule has 4 aliphatic rings. The Morgan fingerprint density at radius 1 is 1.18 bits per heavy atom. The van der Waals surface area contributed by atoms with E-state index in [0.29, 0.717) is 13.1 Å². The number of hydrogen-bond donors (Lipinski definition) is 1. The second-order valence-corrected chi connectivity index (χ2v) is 10.2. The van der Waals surface area contributed by atoms with E-state index < -0.39 is 36.5 Å². The molecular weight excluding hydrogens is 444 g/mol. The first-order chi connectivity index (χ1) is 16.1. The first kappa shape index (κ1) is 25.1. The predicted molar refractivity (Wildman–Crippen MR) is 119 cm³/mol. The molecule has 0 aromatic carbocycles. The number of fused-ring (bicyclic) bond motifs is 1. The molecule has 4 rings (SSSR count). The summed E-state index contributed by atoms with van der Waals surface area (Å²) in [5.41, 5.74) is -0.162. The van der Waals surface area contributed by atoms with Gasteiger partial charge in [0.25, 0.3) is 0 Å². The maximum Gasteiger partial charge on any atom is 0.508 e. The Morgan fingerprint density at radius 3 is 2.59 bits per heavy atom. The van der Waals surface area contributed by atoms with Crippen LogP contribution in [-0.2, 0) is 28.5 Å². The maximum atomic E-state index is 12.6. The van der Waals surface area contributed by atoms with E-state index in [4.69, 9.17) is 30.3 Å². The highest BCUT2D eigenvalue weighted by atomic mass is 16.8. The molecule has 0 spiro atoms. The van der Waals surface area contributed by atoms with Crippen LogP contribution >= 0.6 is 0 Å². The van der Waals surface area contributed by atoms with E-state index in [1.54, 1.807) is 18.7 Å². The molecule has 0 unspecified atom stereocenters. The standard InChI is InChI=1S/C23H36N4O7/c1-22(2)33-19-18(32-21(29)30-5)15(31-20(19)34-22)14-26-11-8-23(3,9-12-26)25-13-17(28)27-10-6-7-16(27)24-4/h15-16,18-20,25H,6-14H2,1-3,5H3/t15-,16+,18-,19-,20-/m1/s1. The van der Waals surface area contributed by atoms with Gasteiger partial charge in [-0.1, -0.05) is 0 Å². The molecule has 4 saturated heterocycles. The molecule has 0 aromatic rings. The number of hydrogen-bond acceptors (Lipinski definition) is 9. The molecule has 0 aromatic heterocycles. The summed E-state index contributed by atoms with van der Waals surface area (Å²) in [7, 11) is 1.27. The van der Waals surface area contributed by atoms with Crippen molar-refractivity contribution in [2.24, 2.45) is 0 Å². The van der Waals surface area contributed by atoms with Crippen LogP contribution < -0.4 is 5.32 Å². The fourth-order valence-electron chi connectivity index (χ4n) is 5.22. The summed E-state index contributed by atoms with van der Waals surface area (Å²) < 4.78 is 28.0. The van der Waals surface area contributed by atoms with Crippen molar-refractivity contribution in [3.63, 3.8) is 0 Å². The predicted octanol–water partition coefficient (Wildman–Crippen LogP) is 1.33. The van der Waals surface area contributed by atoms with Crippen molar-refractivity contribution in [2.75, 3.05) is 39.8 Å². The molecule has 0 aliphatic carbocycles. The quantitative estimate of drug-likeness (QED) is 0.445. The van der Waals surface area contributed by atoms with Crippen molar-refractivity contribution in [1.29, 1.82) is 0 Å². The van der Waals surface area contributed by atoms with E-state index in [2.05, 4.69) is 22.0 Å². The average Bonchev–Trinajstić information content (AvgIpc) is 3.47. The Bertz CT molecular complexity index is 808. The first-order valence-corrected chi connectivity index (χ1v) is 12.0. The zero-order chi connectivity index (χ0) is 24.5. The summed E-state index contributed by atoms with van der Waals surface area (Å²) in [6, 6.07) is 0. The molecule has 4 heterocycles. The molecule has 1 amide bonds. The lowest BCUT2D eigenvalue weighted by molar-refractivity contribution is -0.217. The molecule has 34 heavy (non-hydrogen) atoms. The van der Waals surface area contributed by atoms with Gasteiger partial charge in [-0.25, -0.2) is 11.4 Å². The lowest BCUT2D eigenvalue weighted by atomic mass is 9.89. The number of rotatable bonds is 6. The van der Waals surface area contributed by atoms with Gasteiger partial charge in [0.15, 0.2) is 24.3 Å². The van der Waals surface area contributed by atoms with Gasteiger partial charge < -0.3 is 33.9 Å². The number of methoxy groups -OCH3 is 1. The molecule has 11 heteroatoms. The number of ether oxygens (including phenoxy) is 5. The van der Waals surface area contributed by atoms with Gasteiger partial charge in [0, 0.05) is 25.0 Å². The van der Waals surface area contributed by atoms with Gasteiger partial charge in [-0.05, 0) is 53.1 Å². The normalized spacial score (nSPS) is 34.4. The summed E-state index contributed by atoms with van der Waals surface area (Å²) in [6.45, 7) is 16.1. The first-order valence-electron chi connectivity index (χ1n) is 12.0. The zero-order valence-electron chi connectivity index (χ0n) is 20.5. The van der Waals surface area contributed by atoms with E-state index in [0.717, 1.165) is 38.8 Å². The highest BCUT2D eigenvalue weighted by molar-refractivity contribution is 5.79. The van der Waals surface area contributed by atoms with Crippen LogP contribution in [0.1, 0.15) is 46.5 Å². The zero-order valence-corrected chi connectivity index (χ0v) is 20.5. The molecule has 4 aliphatic heterocycles. The van der Waals surface area contributed by atoms with Crippen LogP contribution in [0.15, 0.2) is 0 Å². The minimum atomic E-state index is -0.808. The van der Waals surface area contributed by atoms with Gasteiger partial charge in [-0.2, -0.15) is 0 Å². The molecule has 0 radical (unpaired) electrons. The number of nitrogens with one attached hydrogen (secondary N) is 1. The summed E-state index contributed by atoms with van der Waals surface area (Å²) in [4.78, 5) is 32.0. The molecule has 11 nitrogen and oxygen atoms in total. The molecule has 0 bridgehead atoms. The van der Waals surface area contributed by atoms with Crippen molar-refractivity contribution in [1.82, 2.24) is 15.1 Å². The monoisotopic (exact) mass is 480 g/mol. The number of carbonyl (C=O) groups is 2. The highest BCUT2D eigenvalue weighted by Crippen LogP contribution is 2.39. The van der Waals surface area contributed by atoms with Crippen LogP contribution in [0.3, 0.4) is 0 Å². The van der Waals surface area contributed by atoms with Gasteiger partial charge in [0.1, 0.15) is 6.10 Å². The minimum Gasteiger partial charge on any atom is -0.438 e. The molecule has 1 N–H and O–H groups in total. The fraction of sp³-hybridized carbons (Fsp3) is 0.870. The lowest BCUT2D eigenvalue weighted by Crippen LogP contribution is -2.55. The van der Waals surface area contributed by atoms with Crippen molar-refractivity contribution in [3.05, 3.63) is 11.4 Å². The Morgan fingerprint density at radius 2 is 1.91 bits per heavy atom. The third-order valence-electron chi connectivity index (χ3n) is 7.24. The Labute approximate surface area is 200 Å².